The number of Topliss-reactive ketones (excluding diaryl/α,β-unsaturated/α-hetero) is 1. The summed E-state index contributed by atoms with van der Waals surface area (Å²) >= 11 is 0. The molecule has 15 heavy (non-hydrogen) atoms. The standard InChI is InChI=1S/C12H21NO2/c1-2-4-10(14)12-9-5-3-7-13(9)8-6-11(12)15/h9,11-12,15H,2-8H2,1H3/t9-,11?,12?/m0/s1. The summed E-state index contributed by atoms with van der Waals surface area (Å²) < 4.78 is 0. The van der Waals surface area contributed by atoms with Crippen LogP contribution in [-0.2, 0) is 4.79 Å². The van der Waals surface area contributed by atoms with E-state index in [1.807, 2.05) is 6.92 Å². The second-order valence-electron chi connectivity index (χ2n) is 4.84. The van der Waals surface area contributed by atoms with Gasteiger partial charge in [0.15, 0.2) is 0 Å². The molecular weight excluding hydrogens is 190 g/mol. The predicted octanol–water partition coefficient (Wildman–Crippen LogP) is 1.20. The third-order valence-corrected chi connectivity index (χ3v) is 3.82. The van der Waals surface area contributed by atoms with Crippen LogP contribution in [0.4, 0.5) is 0 Å². The molecule has 2 unspecified atom stereocenters. The second kappa shape index (κ2) is 4.62. The Morgan fingerprint density at radius 1 is 1.40 bits per heavy atom. The van der Waals surface area contributed by atoms with Crippen LogP contribution in [0.15, 0.2) is 0 Å². The number of rotatable bonds is 3. The van der Waals surface area contributed by atoms with Gasteiger partial charge >= 0.3 is 0 Å². The summed E-state index contributed by atoms with van der Waals surface area (Å²) in [6, 6.07) is 0.341. The topological polar surface area (TPSA) is 40.5 Å². The smallest absolute Gasteiger partial charge is 0.140 e. The number of carbonyl (C=O) groups is 1. The zero-order chi connectivity index (χ0) is 10.8. The minimum Gasteiger partial charge on any atom is -0.392 e. The lowest BCUT2D eigenvalue weighted by Gasteiger charge is -2.39. The Morgan fingerprint density at radius 2 is 2.20 bits per heavy atom. The zero-order valence-corrected chi connectivity index (χ0v) is 9.48. The lowest BCUT2D eigenvalue weighted by molar-refractivity contribution is -0.132. The van der Waals surface area contributed by atoms with Gasteiger partial charge in [0, 0.05) is 19.0 Å². The molecule has 0 saturated carbocycles. The average molecular weight is 211 g/mol. The highest BCUT2D eigenvalue weighted by molar-refractivity contribution is 5.82. The van der Waals surface area contributed by atoms with E-state index in [0.29, 0.717) is 12.5 Å². The van der Waals surface area contributed by atoms with E-state index in [-0.39, 0.29) is 17.8 Å². The van der Waals surface area contributed by atoms with Crippen molar-refractivity contribution in [3.63, 3.8) is 0 Å². The summed E-state index contributed by atoms with van der Waals surface area (Å²) in [5, 5.41) is 9.97. The lowest BCUT2D eigenvalue weighted by atomic mass is 9.82. The summed E-state index contributed by atoms with van der Waals surface area (Å²) in [6.45, 7) is 4.12. The largest absolute Gasteiger partial charge is 0.392 e. The van der Waals surface area contributed by atoms with Gasteiger partial charge in [0.1, 0.15) is 5.78 Å². The van der Waals surface area contributed by atoms with Crippen molar-refractivity contribution in [3.05, 3.63) is 0 Å². The molecule has 3 atom stereocenters. The van der Waals surface area contributed by atoms with Gasteiger partial charge in [0.05, 0.1) is 12.0 Å². The second-order valence-corrected chi connectivity index (χ2v) is 4.84. The van der Waals surface area contributed by atoms with Crippen LogP contribution in [0.2, 0.25) is 0 Å². The quantitative estimate of drug-likeness (QED) is 0.762. The monoisotopic (exact) mass is 211 g/mol. The number of hydrogen-bond donors (Lipinski definition) is 1. The molecule has 2 saturated heterocycles. The van der Waals surface area contributed by atoms with Gasteiger partial charge in [-0.3, -0.25) is 9.69 Å². The lowest BCUT2D eigenvalue weighted by Crippen LogP contribution is -2.51. The minimum absolute atomic E-state index is 0.0961. The third-order valence-electron chi connectivity index (χ3n) is 3.82. The Bertz CT molecular complexity index is 242. The minimum atomic E-state index is -0.386. The number of ketones is 1. The fourth-order valence-corrected chi connectivity index (χ4v) is 3.11. The van der Waals surface area contributed by atoms with Gasteiger partial charge in [-0.05, 0) is 32.2 Å². The van der Waals surface area contributed by atoms with Crippen molar-refractivity contribution >= 4 is 5.78 Å². The maximum atomic E-state index is 12.0. The van der Waals surface area contributed by atoms with E-state index >= 15 is 0 Å². The molecule has 2 aliphatic heterocycles. The molecule has 2 rings (SSSR count). The fourth-order valence-electron chi connectivity index (χ4n) is 3.11. The molecular formula is C12H21NO2. The van der Waals surface area contributed by atoms with Crippen LogP contribution in [0.25, 0.3) is 0 Å². The van der Waals surface area contributed by atoms with Crippen LogP contribution in [0, 0.1) is 5.92 Å². The highest BCUT2D eigenvalue weighted by atomic mass is 16.3. The molecule has 2 heterocycles. The molecule has 0 aromatic rings. The summed E-state index contributed by atoms with van der Waals surface area (Å²) in [7, 11) is 0. The molecule has 0 aliphatic carbocycles. The molecule has 0 spiro atoms. The number of carbonyl (C=O) groups excluding carboxylic acids is 1. The number of aliphatic hydroxyl groups is 1. The normalized spacial score (nSPS) is 36.5. The van der Waals surface area contributed by atoms with Gasteiger partial charge in [-0.25, -0.2) is 0 Å². The molecule has 0 aromatic heterocycles. The van der Waals surface area contributed by atoms with Gasteiger partial charge in [0.2, 0.25) is 0 Å². The van der Waals surface area contributed by atoms with Gasteiger partial charge in [-0.2, -0.15) is 0 Å². The molecule has 86 valence electrons. The Morgan fingerprint density at radius 3 is 2.93 bits per heavy atom. The van der Waals surface area contributed by atoms with Crippen LogP contribution in [0.5, 0.6) is 0 Å². The first kappa shape index (κ1) is 11.1. The Balaban J connectivity index is 2.08. The number of fused-ring (bicyclic) bond motifs is 1. The number of hydrogen-bond acceptors (Lipinski definition) is 3. The third kappa shape index (κ3) is 2.08. The van der Waals surface area contributed by atoms with Crippen LogP contribution >= 0.6 is 0 Å². The first-order valence-corrected chi connectivity index (χ1v) is 6.19. The summed E-state index contributed by atoms with van der Waals surface area (Å²) in [5.74, 6) is 0.183. The Kier molecular flexibility index (Phi) is 3.42. The van der Waals surface area contributed by atoms with Crippen molar-refractivity contribution in [3.8, 4) is 0 Å². The number of aliphatic hydroxyl groups excluding tert-OH is 1. The molecule has 2 fully saturated rings. The first-order valence-electron chi connectivity index (χ1n) is 6.19. The van der Waals surface area contributed by atoms with E-state index in [0.717, 1.165) is 32.4 Å². The average Bonchev–Trinajstić information content (AvgIpc) is 2.65. The molecule has 0 amide bonds. The Labute approximate surface area is 91.5 Å². The first-order chi connectivity index (χ1) is 7.24. The molecule has 0 bridgehead atoms. The fraction of sp³-hybridized carbons (Fsp3) is 0.917. The summed E-state index contributed by atoms with van der Waals surface area (Å²) in [6.07, 6.45) is 4.20. The molecule has 1 N–H and O–H groups in total. The summed E-state index contributed by atoms with van der Waals surface area (Å²) in [5.41, 5.74) is 0. The zero-order valence-electron chi connectivity index (χ0n) is 9.48. The predicted molar refractivity (Wildman–Crippen MR) is 58.6 cm³/mol. The summed E-state index contributed by atoms with van der Waals surface area (Å²) in [4.78, 5) is 14.4. The van der Waals surface area contributed by atoms with E-state index in [1.54, 1.807) is 0 Å². The van der Waals surface area contributed by atoms with Crippen molar-refractivity contribution in [1.29, 1.82) is 0 Å². The van der Waals surface area contributed by atoms with E-state index in [1.165, 1.54) is 6.42 Å². The van der Waals surface area contributed by atoms with Crippen LogP contribution < -0.4 is 0 Å². The van der Waals surface area contributed by atoms with E-state index in [2.05, 4.69) is 4.90 Å². The van der Waals surface area contributed by atoms with Gasteiger partial charge in [0.25, 0.3) is 0 Å². The van der Waals surface area contributed by atoms with Gasteiger partial charge in [-0.15, -0.1) is 0 Å². The van der Waals surface area contributed by atoms with Crippen LogP contribution in [-0.4, -0.2) is 41.0 Å². The van der Waals surface area contributed by atoms with Crippen molar-refractivity contribution < 1.29 is 9.90 Å². The number of piperidine rings is 1. The highest BCUT2D eigenvalue weighted by Gasteiger charge is 2.42. The van der Waals surface area contributed by atoms with Gasteiger partial charge < -0.3 is 5.11 Å². The SMILES string of the molecule is CCCC(=O)C1C(O)CCN2CCC[C@@H]12. The molecule has 2 aliphatic rings. The van der Waals surface area contributed by atoms with Crippen LogP contribution in [0.3, 0.4) is 0 Å². The molecule has 3 nitrogen and oxygen atoms in total. The van der Waals surface area contributed by atoms with E-state index < -0.39 is 0 Å². The van der Waals surface area contributed by atoms with Crippen molar-refractivity contribution in [2.75, 3.05) is 13.1 Å². The van der Waals surface area contributed by atoms with Crippen LogP contribution in [0.1, 0.15) is 39.0 Å². The van der Waals surface area contributed by atoms with E-state index in [4.69, 9.17) is 0 Å². The highest BCUT2D eigenvalue weighted by Crippen LogP contribution is 2.33. The number of nitrogens with zero attached hydrogens (tertiary/aromatic N) is 1. The van der Waals surface area contributed by atoms with Crippen molar-refractivity contribution in [2.24, 2.45) is 5.92 Å². The molecule has 0 radical (unpaired) electrons. The van der Waals surface area contributed by atoms with Crippen molar-refractivity contribution in [2.45, 2.75) is 51.2 Å². The maximum absolute atomic E-state index is 12.0. The Hall–Kier alpha value is -0.410. The van der Waals surface area contributed by atoms with Crippen molar-refractivity contribution in [1.82, 2.24) is 4.90 Å². The molecule has 3 heteroatoms. The van der Waals surface area contributed by atoms with E-state index in [9.17, 15) is 9.90 Å². The van der Waals surface area contributed by atoms with Gasteiger partial charge in [-0.1, -0.05) is 6.92 Å². The maximum Gasteiger partial charge on any atom is 0.140 e. The molecule has 0 aromatic carbocycles.